The molecule has 1 saturated heterocycles. The summed E-state index contributed by atoms with van der Waals surface area (Å²) in [4.78, 5) is 13.8. The zero-order valence-electron chi connectivity index (χ0n) is 11.0. The largest absolute Gasteiger partial charge is 0.484 e. The van der Waals surface area contributed by atoms with E-state index in [0.29, 0.717) is 29.8 Å². The molecule has 19 heavy (non-hydrogen) atoms. The van der Waals surface area contributed by atoms with E-state index in [4.69, 9.17) is 22.1 Å². The van der Waals surface area contributed by atoms with E-state index in [1.54, 1.807) is 24.3 Å². The van der Waals surface area contributed by atoms with Crippen LogP contribution in [0.4, 0.5) is 0 Å². The third-order valence-electron chi connectivity index (χ3n) is 3.50. The van der Waals surface area contributed by atoms with Crippen molar-refractivity contribution in [3.63, 3.8) is 0 Å². The van der Waals surface area contributed by atoms with Crippen LogP contribution in [0.1, 0.15) is 13.3 Å². The Kier molecular flexibility index (Phi) is 4.66. The van der Waals surface area contributed by atoms with Gasteiger partial charge in [-0.1, -0.05) is 18.5 Å². The second-order valence-corrected chi connectivity index (χ2v) is 5.45. The summed E-state index contributed by atoms with van der Waals surface area (Å²) in [5.41, 5.74) is 5.94. The maximum atomic E-state index is 12.0. The Morgan fingerprint density at radius 2 is 2.16 bits per heavy atom. The highest BCUT2D eigenvalue weighted by molar-refractivity contribution is 6.30. The van der Waals surface area contributed by atoms with E-state index in [9.17, 15) is 4.79 Å². The quantitative estimate of drug-likeness (QED) is 0.921. The van der Waals surface area contributed by atoms with Crippen LogP contribution in [-0.2, 0) is 4.79 Å². The Morgan fingerprint density at radius 1 is 1.47 bits per heavy atom. The molecule has 2 rings (SSSR count). The van der Waals surface area contributed by atoms with Crippen LogP contribution in [0.15, 0.2) is 24.3 Å². The standard InChI is InChI=1S/C14H19ClN2O2/c1-10-8-17(7-6-13(10)16)14(18)9-19-12-4-2-11(15)3-5-12/h2-5,10,13H,6-9,16H2,1H3. The number of likely N-dealkylation sites (tertiary alicyclic amines) is 1. The van der Waals surface area contributed by atoms with Crippen molar-refractivity contribution < 1.29 is 9.53 Å². The van der Waals surface area contributed by atoms with E-state index in [2.05, 4.69) is 6.92 Å². The number of hydrogen-bond donors (Lipinski definition) is 1. The Morgan fingerprint density at radius 3 is 2.79 bits per heavy atom. The van der Waals surface area contributed by atoms with Crippen molar-refractivity contribution in [1.29, 1.82) is 0 Å². The number of benzene rings is 1. The van der Waals surface area contributed by atoms with Crippen molar-refractivity contribution in [3.8, 4) is 5.75 Å². The minimum Gasteiger partial charge on any atom is -0.484 e. The van der Waals surface area contributed by atoms with Gasteiger partial charge in [0.1, 0.15) is 5.75 Å². The van der Waals surface area contributed by atoms with Crippen LogP contribution in [0.5, 0.6) is 5.75 Å². The van der Waals surface area contributed by atoms with Crippen molar-refractivity contribution in [3.05, 3.63) is 29.3 Å². The van der Waals surface area contributed by atoms with Crippen molar-refractivity contribution in [2.24, 2.45) is 11.7 Å². The highest BCUT2D eigenvalue weighted by atomic mass is 35.5. The van der Waals surface area contributed by atoms with Gasteiger partial charge in [0.05, 0.1) is 0 Å². The molecule has 1 aromatic carbocycles. The van der Waals surface area contributed by atoms with Crippen LogP contribution in [0.2, 0.25) is 5.02 Å². The molecular weight excluding hydrogens is 264 g/mol. The van der Waals surface area contributed by atoms with Crippen molar-refractivity contribution >= 4 is 17.5 Å². The monoisotopic (exact) mass is 282 g/mol. The fourth-order valence-electron chi connectivity index (χ4n) is 2.16. The normalized spacial score (nSPS) is 23.2. The first-order valence-corrected chi connectivity index (χ1v) is 6.86. The number of hydrogen-bond acceptors (Lipinski definition) is 3. The van der Waals surface area contributed by atoms with Gasteiger partial charge in [-0.25, -0.2) is 0 Å². The molecule has 0 radical (unpaired) electrons. The van der Waals surface area contributed by atoms with Crippen LogP contribution < -0.4 is 10.5 Å². The summed E-state index contributed by atoms with van der Waals surface area (Å²) in [6, 6.07) is 7.18. The number of rotatable bonds is 3. The van der Waals surface area contributed by atoms with Crippen LogP contribution in [0.25, 0.3) is 0 Å². The highest BCUT2D eigenvalue weighted by Gasteiger charge is 2.26. The number of halogens is 1. The van der Waals surface area contributed by atoms with Crippen molar-refractivity contribution in [2.45, 2.75) is 19.4 Å². The minimum atomic E-state index is 0.00806. The number of piperidine rings is 1. The van der Waals surface area contributed by atoms with E-state index in [1.165, 1.54) is 0 Å². The zero-order chi connectivity index (χ0) is 13.8. The molecule has 1 aliphatic heterocycles. The van der Waals surface area contributed by atoms with E-state index in [0.717, 1.165) is 6.42 Å². The van der Waals surface area contributed by atoms with Crippen LogP contribution in [-0.4, -0.2) is 36.5 Å². The predicted octanol–water partition coefficient (Wildman–Crippen LogP) is 1.91. The summed E-state index contributed by atoms with van der Waals surface area (Å²) in [5.74, 6) is 1.00. The molecule has 0 bridgehead atoms. The van der Waals surface area contributed by atoms with E-state index < -0.39 is 0 Å². The molecule has 2 N–H and O–H groups in total. The predicted molar refractivity (Wildman–Crippen MR) is 75.3 cm³/mol. The maximum absolute atomic E-state index is 12.0. The van der Waals surface area contributed by atoms with Gasteiger partial charge >= 0.3 is 0 Å². The van der Waals surface area contributed by atoms with Crippen LogP contribution in [0, 0.1) is 5.92 Å². The first-order valence-electron chi connectivity index (χ1n) is 6.48. The van der Waals surface area contributed by atoms with E-state index >= 15 is 0 Å². The third-order valence-corrected chi connectivity index (χ3v) is 3.75. The molecule has 0 aromatic heterocycles. The van der Waals surface area contributed by atoms with Crippen molar-refractivity contribution in [1.82, 2.24) is 4.90 Å². The van der Waals surface area contributed by atoms with Crippen LogP contribution >= 0.6 is 11.6 Å². The molecule has 0 saturated carbocycles. The van der Waals surface area contributed by atoms with E-state index in [-0.39, 0.29) is 18.6 Å². The second kappa shape index (κ2) is 6.26. The summed E-state index contributed by atoms with van der Waals surface area (Å²) >= 11 is 5.78. The summed E-state index contributed by atoms with van der Waals surface area (Å²) in [6.45, 7) is 3.56. The number of carbonyl (C=O) groups excluding carboxylic acids is 1. The summed E-state index contributed by atoms with van der Waals surface area (Å²) < 4.78 is 5.46. The number of nitrogens with two attached hydrogens (primary N) is 1. The molecule has 5 heteroatoms. The van der Waals surface area contributed by atoms with E-state index in [1.807, 2.05) is 4.90 Å². The lowest BCUT2D eigenvalue weighted by molar-refractivity contribution is -0.135. The molecule has 1 aromatic rings. The summed E-state index contributed by atoms with van der Waals surface area (Å²) in [5, 5.41) is 0.650. The SMILES string of the molecule is CC1CN(C(=O)COc2ccc(Cl)cc2)CCC1N. The Balaban J connectivity index is 1.83. The van der Waals surface area contributed by atoms with Gasteiger partial charge in [-0.3, -0.25) is 4.79 Å². The first-order chi connectivity index (χ1) is 9.06. The number of carbonyl (C=O) groups is 1. The van der Waals surface area contributed by atoms with Gasteiger partial charge in [0.15, 0.2) is 6.61 Å². The molecule has 1 fully saturated rings. The molecule has 2 unspecified atom stereocenters. The van der Waals surface area contributed by atoms with Gasteiger partial charge in [0, 0.05) is 24.2 Å². The average molecular weight is 283 g/mol. The molecule has 1 amide bonds. The molecule has 1 heterocycles. The Bertz CT molecular complexity index is 436. The molecule has 2 atom stereocenters. The molecule has 0 aliphatic carbocycles. The molecule has 104 valence electrons. The number of nitrogens with zero attached hydrogens (tertiary/aromatic N) is 1. The van der Waals surface area contributed by atoms with Gasteiger partial charge < -0.3 is 15.4 Å². The molecule has 1 aliphatic rings. The van der Waals surface area contributed by atoms with Gasteiger partial charge in [0.2, 0.25) is 0 Å². The smallest absolute Gasteiger partial charge is 0.260 e. The molecule has 4 nitrogen and oxygen atoms in total. The lowest BCUT2D eigenvalue weighted by Crippen LogP contribution is -2.49. The zero-order valence-corrected chi connectivity index (χ0v) is 11.8. The van der Waals surface area contributed by atoms with Gasteiger partial charge in [-0.15, -0.1) is 0 Å². The lowest BCUT2D eigenvalue weighted by Gasteiger charge is -2.35. The Hall–Kier alpha value is -1.26. The molecular formula is C14H19ClN2O2. The van der Waals surface area contributed by atoms with Crippen molar-refractivity contribution in [2.75, 3.05) is 19.7 Å². The van der Waals surface area contributed by atoms with Gasteiger partial charge in [-0.2, -0.15) is 0 Å². The first kappa shape index (κ1) is 14.2. The van der Waals surface area contributed by atoms with Gasteiger partial charge in [0.25, 0.3) is 5.91 Å². The minimum absolute atomic E-state index is 0.00806. The fourth-order valence-corrected chi connectivity index (χ4v) is 2.28. The summed E-state index contributed by atoms with van der Waals surface area (Å²) in [7, 11) is 0. The maximum Gasteiger partial charge on any atom is 0.260 e. The van der Waals surface area contributed by atoms with Gasteiger partial charge in [-0.05, 0) is 36.6 Å². The topological polar surface area (TPSA) is 55.6 Å². The second-order valence-electron chi connectivity index (χ2n) is 5.01. The molecule has 0 spiro atoms. The van der Waals surface area contributed by atoms with Crippen LogP contribution in [0.3, 0.4) is 0 Å². The Labute approximate surface area is 118 Å². The number of amides is 1. The fraction of sp³-hybridized carbons (Fsp3) is 0.500. The third kappa shape index (κ3) is 3.85. The summed E-state index contributed by atoms with van der Waals surface area (Å²) in [6.07, 6.45) is 0.855. The number of ether oxygens (including phenoxy) is 1. The highest BCUT2D eigenvalue weighted by Crippen LogP contribution is 2.17. The lowest BCUT2D eigenvalue weighted by atomic mass is 9.95. The average Bonchev–Trinajstić information content (AvgIpc) is 2.41.